The first-order valence-electron chi connectivity index (χ1n) is 18.9. The molecule has 0 amide bonds. The first-order chi connectivity index (χ1) is 27.3. The fourth-order valence-corrected chi connectivity index (χ4v) is 9.16. The molecule has 2 heteroatoms. The number of furan rings is 1. The minimum Gasteiger partial charge on any atom is -0.454 e. The Bertz CT molecular complexity index is 2980. The van der Waals surface area contributed by atoms with Crippen molar-refractivity contribution in [3.05, 3.63) is 235 Å². The minimum atomic E-state index is -0.516. The average Bonchev–Trinajstić information content (AvgIpc) is 3.80. The number of hydrogen-bond donors (Lipinski definition) is 0. The fraction of sp³-hybridized carbons (Fsp3) is 0.0189. The number of fused-ring (bicyclic) bond motifs is 8. The lowest BCUT2D eigenvalue weighted by atomic mass is 9.67. The Balaban J connectivity index is 1.19. The molecule has 0 fully saturated rings. The lowest BCUT2D eigenvalue weighted by Crippen LogP contribution is -2.28. The second-order valence-corrected chi connectivity index (χ2v) is 14.4. The van der Waals surface area contributed by atoms with Gasteiger partial charge in [-0.1, -0.05) is 176 Å². The predicted octanol–water partition coefficient (Wildman–Crippen LogP) is 14.2. The monoisotopic (exact) mass is 701 g/mol. The molecule has 0 radical (unpaired) electrons. The summed E-state index contributed by atoms with van der Waals surface area (Å²) in [6.45, 7) is 0. The van der Waals surface area contributed by atoms with Crippen LogP contribution in [0.5, 0.6) is 0 Å². The molecule has 0 N–H and O–H groups in total. The summed E-state index contributed by atoms with van der Waals surface area (Å²) in [6, 6.07) is 76.9. The third-order valence-corrected chi connectivity index (χ3v) is 11.5. The number of anilines is 3. The van der Waals surface area contributed by atoms with Crippen LogP contribution in [0, 0.1) is 0 Å². The Morgan fingerprint density at radius 1 is 0.400 bits per heavy atom. The number of rotatable bonds is 6. The van der Waals surface area contributed by atoms with E-state index in [1.807, 2.05) is 0 Å². The van der Waals surface area contributed by atoms with Gasteiger partial charge in [0.2, 0.25) is 0 Å². The summed E-state index contributed by atoms with van der Waals surface area (Å²) in [5, 5.41) is 4.64. The zero-order valence-electron chi connectivity index (χ0n) is 30.1. The molecule has 0 aliphatic heterocycles. The molecule has 10 aromatic rings. The second-order valence-electron chi connectivity index (χ2n) is 14.4. The molecule has 11 rings (SSSR count). The molecule has 0 saturated heterocycles. The topological polar surface area (TPSA) is 16.4 Å². The maximum atomic E-state index is 6.89. The van der Waals surface area contributed by atoms with Crippen LogP contribution in [0.1, 0.15) is 22.3 Å². The molecule has 55 heavy (non-hydrogen) atoms. The van der Waals surface area contributed by atoms with Crippen molar-refractivity contribution in [3.8, 4) is 22.3 Å². The van der Waals surface area contributed by atoms with Gasteiger partial charge < -0.3 is 9.32 Å². The van der Waals surface area contributed by atoms with Crippen molar-refractivity contribution in [1.29, 1.82) is 0 Å². The van der Waals surface area contributed by atoms with E-state index in [0.717, 1.165) is 39.0 Å². The number of hydrogen-bond acceptors (Lipinski definition) is 2. The van der Waals surface area contributed by atoms with Crippen LogP contribution in [-0.4, -0.2) is 0 Å². The summed E-state index contributed by atoms with van der Waals surface area (Å²) >= 11 is 0. The first kappa shape index (κ1) is 31.4. The molecule has 0 spiro atoms. The van der Waals surface area contributed by atoms with Crippen molar-refractivity contribution >= 4 is 49.8 Å². The SMILES string of the molecule is c1ccc(-c2ccc(N(c3ccc4c(c3)C(c3ccccc3)(c3ccccc3)c3ccccc3-4)c3cccc4c3oc3ccc5ccccc5c34)cc2)cc1. The minimum absolute atomic E-state index is 0.516. The summed E-state index contributed by atoms with van der Waals surface area (Å²) in [6.07, 6.45) is 0. The third-order valence-electron chi connectivity index (χ3n) is 11.5. The van der Waals surface area contributed by atoms with Crippen molar-refractivity contribution in [2.24, 2.45) is 0 Å². The van der Waals surface area contributed by atoms with E-state index in [1.165, 1.54) is 55.3 Å². The van der Waals surface area contributed by atoms with E-state index in [-0.39, 0.29) is 0 Å². The molecule has 0 saturated carbocycles. The maximum Gasteiger partial charge on any atom is 0.159 e. The van der Waals surface area contributed by atoms with Crippen molar-refractivity contribution in [2.45, 2.75) is 5.41 Å². The van der Waals surface area contributed by atoms with Gasteiger partial charge in [0.15, 0.2) is 5.58 Å². The maximum absolute atomic E-state index is 6.89. The van der Waals surface area contributed by atoms with E-state index in [1.54, 1.807) is 0 Å². The average molecular weight is 702 g/mol. The van der Waals surface area contributed by atoms with Gasteiger partial charge in [-0.25, -0.2) is 0 Å². The highest BCUT2D eigenvalue weighted by atomic mass is 16.3. The Morgan fingerprint density at radius 3 is 1.76 bits per heavy atom. The Labute approximate surface area is 320 Å². The summed E-state index contributed by atoms with van der Waals surface area (Å²) in [5.74, 6) is 0. The highest BCUT2D eigenvalue weighted by molar-refractivity contribution is 6.21. The summed E-state index contributed by atoms with van der Waals surface area (Å²) in [4.78, 5) is 2.38. The Morgan fingerprint density at radius 2 is 1.00 bits per heavy atom. The fourth-order valence-electron chi connectivity index (χ4n) is 9.16. The molecule has 0 bridgehead atoms. The molecule has 0 unspecified atom stereocenters. The van der Waals surface area contributed by atoms with Gasteiger partial charge in [-0.05, 0) is 91.7 Å². The van der Waals surface area contributed by atoms with Gasteiger partial charge in [-0.15, -0.1) is 0 Å². The van der Waals surface area contributed by atoms with Crippen LogP contribution in [0.3, 0.4) is 0 Å². The van der Waals surface area contributed by atoms with E-state index >= 15 is 0 Å². The van der Waals surface area contributed by atoms with Crippen molar-refractivity contribution in [2.75, 3.05) is 4.90 Å². The summed E-state index contributed by atoms with van der Waals surface area (Å²) in [5.41, 5.74) is 14.3. The van der Waals surface area contributed by atoms with Crippen LogP contribution in [-0.2, 0) is 5.41 Å². The molecule has 9 aromatic carbocycles. The van der Waals surface area contributed by atoms with Crippen LogP contribution < -0.4 is 4.90 Å². The quantitative estimate of drug-likeness (QED) is 0.172. The Hall–Kier alpha value is -7.16. The van der Waals surface area contributed by atoms with Crippen LogP contribution in [0.2, 0.25) is 0 Å². The number of nitrogens with zero attached hydrogens (tertiary/aromatic N) is 1. The third kappa shape index (κ3) is 4.75. The van der Waals surface area contributed by atoms with Crippen LogP contribution >= 0.6 is 0 Å². The second kappa shape index (κ2) is 12.5. The van der Waals surface area contributed by atoms with Gasteiger partial charge in [-0.3, -0.25) is 0 Å². The van der Waals surface area contributed by atoms with Gasteiger partial charge in [0, 0.05) is 22.1 Å². The van der Waals surface area contributed by atoms with Gasteiger partial charge in [0.25, 0.3) is 0 Å². The lowest BCUT2D eigenvalue weighted by Gasteiger charge is -2.35. The van der Waals surface area contributed by atoms with Gasteiger partial charge in [0.1, 0.15) is 5.58 Å². The zero-order chi connectivity index (χ0) is 36.3. The van der Waals surface area contributed by atoms with Crippen LogP contribution in [0.25, 0.3) is 55.0 Å². The Kier molecular flexibility index (Phi) is 7.11. The van der Waals surface area contributed by atoms with Gasteiger partial charge >= 0.3 is 0 Å². The van der Waals surface area contributed by atoms with E-state index < -0.39 is 5.41 Å². The summed E-state index contributed by atoms with van der Waals surface area (Å²) in [7, 11) is 0. The molecule has 2 nitrogen and oxygen atoms in total. The predicted molar refractivity (Wildman–Crippen MR) is 229 cm³/mol. The molecule has 0 atom stereocenters. The van der Waals surface area contributed by atoms with Crippen molar-refractivity contribution < 1.29 is 4.42 Å². The molecule has 1 aromatic heterocycles. The smallest absolute Gasteiger partial charge is 0.159 e. The largest absolute Gasteiger partial charge is 0.454 e. The van der Waals surface area contributed by atoms with E-state index in [2.05, 4.69) is 217 Å². The first-order valence-corrected chi connectivity index (χ1v) is 18.9. The standard InChI is InChI=1S/C53H35NO/c1-4-15-36(16-5-1)37-27-30-41(31-28-37)54(49-26-14-24-46-51-43-22-11-10-17-38(43)29-34-50(51)55-52(46)49)42-32-33-45-44-23-12-13-25-47(44)53(48(45)35-42,39-18-6-2-7-19-39)40-20-8-3-9-21-40/h1-35H. The van der Waals surface area contributed by atoms with Crippen LogP contribution in [0.4, 0.5) is 17.1 Å². The van der Waals surface area contributed by atoms with Crippen LogP contribution in [0.15, 0.2) is 217 Å². The normalized spacial score (nSPS) is 12.9. The highest BCUT2D eigenvalue weighted by Gasteiger charge is 2.46. The molecule has 1 heterocycles. The van der Waals surface area contributed by atoms with Gasteiger partial charge in [0.05, 0.1) is 11.1 Å². The number of para-hydroxylation sites is 1. The number of benzene rings is 9. The molecular formula is C53H35NO. The van der Waals surface area contributed by atoms with E-state index in [0.29, 0.717) is 0 Å². The van der Waals surface area contributed by atoms with E-state index in [9.17, 15) is 0 Å². The zero-order valence-corrected chi connectivity index (χ0v) is 30.1. The molecular weight excluding hydrogens is 667 g/mol. The highest BCUT2D eigenvalue weighted by Crippen LogP contribution is 2.57. The van der Waals surface area contributed by atoms with Crippen molar-refractivity contribution in [1.82, 2.24) is 0 Å². The van der Waals surface area contributed by atoms with Crippen molar-refractivity contribution in [3.63, 3.8) is 0 Å². The molecule has 258 valence electrons. The lowest BCUT2D eigenvalue weighted by molar-refractivity contribution is 0.669. The van der Waals surface area contributed by atoms with E-state index in [4.69, 9.17) is 4.42 Å². The molecule has 1 aliphatic carbocycles. The van der Waals surface area contributed by atoms with Gasteiger partial charge in [-0.2, -0.15) is 0 Å². The molecule has 1 aliphatic rings. The summed E-state index contributed by atoms with van der Waals surface area (Å²) < 4.78 is 6.89.